The van der Waals surface area contributed by atoms with Gasteiger partial charge in [0, 0.05) is 0 Å². The van der Waals surface area contributed by atoms with Crippen LogP contribution in [0.5, 0.6) is 5.75 Å². The molecule has 2 atom stereocenters. The molecule has 3 rings (SSSR count). The number of aromatic nitrogens is 1. The molecule has 0 spiro atoms. The maximum atomic E-state index is 6.02. The van der Waals surface area contributed by atoms with Crippen LogP contribution in [0.3, 0.4) is 0 Å². The molecular formula is C18H24N3O2P. The Hall–Kier alpha value is -1.84. The smallest absolute Gasteiger partial charge is 0.313 e. The lowest BCUT2D eigenvalue weighted by molar-refractivity contribution is 0.320. The molecule has 0 aliphatic heterocycles. The number of nitrogens with zero attached hydrogens (tertiary/aromatic N) is 2. The van der Waals surface area contributed by atoms with E-state index in [4.69, 9.17) is 15.0 Å². The minimum absolute atomic E-state index is 0.433. The number of ether oxygens (including phenoxy) is 1. The molecule has 0 saturated carbocycles. The zero-order valence-electron chi connectivity index (χ0n) is 13.9. The van der Waals surface area contributed by atoms with Gasteiger partial charge in [-0.25, -0.2) is 5.84 Å². The molecule has 2 unspecified atom stereocenters. The fourth-order valence-corrected chi connectivity index (χ4v) is 2.90. The summed E-state index contributed by atoms with van der Waals surface area (Å²) < 4.78 is 11.4. The molecule has 1 heterocycles. The molecule has 2 aromatic rings. The van der Waals surface area contributed by atoms with Crippen molar-refractivity contribution in [3.63, 3.8) is 0 Å². The second kappa shape index (κ2) is 7.82. The van der Waals surface area contributed by atoms with E-state index in [-0.39, 0.29) is 0 Å². The molecule has 1 aliphatic carbocycles. The zero-order valence-corrected chi connectivity index (χ0v) is 15.1. The summed E-state index contributed by atoms with van der Waals surface area (Å²) in [5.41, 5.74) is 2.69. The Morgan fingerprint density at radius 2 is 2.04 bits per heavy atom. The van der Waals surface area contributed by atoms with Crippen molar-refractivity contribution in [2.24, 2.45) is 5.84 Å². The molecule has 1 aromatic heterocycles. The van der Waals surface area contributed by atoms with Gasteiger partial charge in [-0.05, 0) is 48.7 Å². The van der Waals surface area contributed by atoms with Crippen molar-refractivity contribution in [2.75, 3.05) is 18.2 Å². The first-order valence-corrected chi connectivity index (χ1v) is 8.95. The molecule has 1 aliphatic rings. The molecular weight excluding hydrogens is 321 g/mol. The molecule has 0 fully saturated rings. The van der Waals surface area contributed by atoms with Gasteiger partial charge in [0.2, 0.25) is 0 Å². The van der Waals surface area contributed by atoms with E-state index in [0.29, 0.717) is 24.8 Å². The average Bonchev–Trinajstić information content (AvgIpc) is 3.00. The first-order valence-electron chi connectivity index (χ1n) is 8.28. The van der Waals surface area contributed by atoms with E-state index >= 15 is 0 Å². The summed E-state index contributed by atoms with van der Waals surface area (Å²) in [6, 6.07) is 8.63. The quantitative estimate of drug-likeness (QED) is 0.469. The van der Waals surface area contributed by atoms with E-state index in [2.05, 4.69) is 39.4 Å². The van der Waals surface area contributed by atoms with Crippen LogP contribution in [-0.4, -0.2) is 23.8 Å². The summed E-state index contributed by atoms with van der Waals surface area (Å²) >= 11 is 0. The number of hydrogen-bond acceptors (Lipinski definition) is 5. The van der Waals surface area contributed by atoms with Crippen LogP contribution in [0.15, 0.2) is 28.7 Å². The molecule has 0 amide bonds. The van der Waals surface area contributed by atoms with Crippen LogP contribution < -0.4 is 26.4 Å². The van der Waals surface area contributed by atoms with E-state index in [9.17, 15) is 0 Å². The van der Waals surface area contributed by atoms with E-state index < -0.39 is 0 Å². The van der Waals surface area contributed by atoms with Gasteiger partial charge in [0.15, 0.2) is 5.42 Å². The summed E-state index contributed by atoms with van der Waals surface area (Å²) in [5.74, 6) is 6.86. The van der Waals surface area contributed by atoms with Gasteiger partial charge in [-0.15, -0.1) is 9.24 Å². The van der Waals surface area contributed by atoms with Crippen LogP contribution >= 0.6 is 9.24 Å². The highest BCUT2D eigenvalue weighted by molar-refractivity contribution is 7.17. The minimum Gasteiger partial charge on any atom is -0.492 e. The number of anilines is 1. The van der Waals surface area contributed by atoms with Gasteiger partial charge in [-0.1, -0.05) is 25.1 Å². The standard InChI is InChI=1S/C18H24N3O2P/c1-13(24)12-14-6-8-15(9-7-14)22-11-10-21(19)18-20-16-4-2-3-5-17(16)23-18/h4-9,13H,2-3,10-12,19,24H2,1H3. The van der Waals surface area contributed by atoms with Crippen molar-refractivity contribution in [3.8, 4) is 5.75 Å². The van der Waals surface area contributed by atoms with Gasteiger partial charge >= 0.3 is 6.01 Å². The third-order valence-electron chi connectivity index (χ3n) is 3.83. The van der Waals surface area contributed by atoms with Gasteiger partial charge in [0.1, 0.15) is 17.7 Å². The van der Waals surface area contributed by atoms with Crippen molar-refractivity contribution in [1.29, 1.82) is 0 Å². The number of hydrazine groups is 1. The predicted molar refractivity (Wildman–Crippen MR) is 100 cm³/mol. The number of nitrogens with two attached hydrogens (primary N) is 1. The number of oxazole rings is 1. The lowest BCUT2D eigenvalue weighted by Crippen LogP contribution is -2.35. The van der Waals surface area contributed by atoms with Gasteiger partial charge in [-0.3, -0.25) is 5.01 Å². The second-order valence-electron chi connectivity index (χ2n) is 6.10. The molecule has 2 N–H and O–H groups in total. The van der Waals surface area contributed by atoms with Gasteiger partial charge in [0.05, 0.1) is 6.54 Å². The number of fused-ring (bicyclic) bond motifs is 1. The van der Waals surface area contributed by atoms with E-state index in [1.54, 1.807) is 0 Å². The van der Waals surface area contributed by atoms with Gasteiger partial charge in [-0.2, -0.15) is 4.98 Å². The van der Waals surface area contributed by atoms with E-state index in [1.807, 2.05) is 18.2 Å². The van der Waals surface area contributed by atoms with Crippen molar-refractivity contribution < 1.29 is 9.15 Å². The summed E-state index contributed by atoms with van der Waals surface area (Å²) in [5, 5.41) is 2.37. The lowest BCUT2D eigenvalue weighted by Gasteiger charge is -2.14. The predicted octanol–water partition coefficient (Wildman–Crippen LogP) is 1.59. The SMILES string of the molecule is CC(P)Cc1ccc(OCCN(N)c2nc3c(o2)=CCCC=3)cc1. The van der Waals surface area contributed by atoms with Crippen LogP contribution in [0, 0.1) is 0 Å². The third kappa shape index (κ3) is 4.37. The Balaban J connectivity index is 1.52. The minimum atomic E-state index is 0.433. The molecule has 128 valence electrons. The van der Waals surface area contributed by atoms with Crippen molar-refractivity contribution in [1.82, 2.24) is 4.98 Å². The second-order valence-corrected chi connectivity index (χ2v) is 7.24. The molecule has 0 radical (unpaired) electrons. The monoisotopic (exact) mass is 345 g/mol. The maximum Gasteiger partial charge on any atom is 0.313 e. The van der Waals surface area contributed by atoms with Crippen LogP contribution in [-0.2, 0) is 6.42 Å². The number of rotatable bonds is 7. The molecule has 0 saturated heterocycles. The van der Waals surface area contributed by atoms with Gasteiger partial charge in [0.25, 0.3) is 0 Å². The molecule has 5 nitrogen and oxygen atoms in total. The first kappa shape index (κ1) is 17.0. The Morgan fingerprint density at radius 3 is 2.75 bits per heavy atom. The normalized spacial score (nSPS) is 14.3. The Bertz CT molecular complexity index is 750. The lowest BCUT2D eigenvalue weighted by atomic mass is 10.1. The Labute approximate surface area is 144 Å². The highest BCUT2D eigenvalue weighted by atomic mass is 31.0. The van der Waals surface area contributed by atoms with Crippen molar-refractivity contribution in [3.05, 3.63) is 40.6 Å². The fourth-order valence-electron chi connectivity index (χ4n) is 2.63. The van der Waals surface area contributed by atoms with E-state index in [1.165, 1.54) is 10.6 Å². The highest BCUT2D eigenvalue weighted by Gasteiger charge is 2.10. The van der Waals surface area contributed by atoms with Crippen LogP contribution in [0.4, 0.5) is 6.01 Å². The van der Waals surface area contributed by atoms with E-state index in [0.717, 1.165) is 35.8 Å². The Morgan fingerprint density at radius 1 is 1.29 bits per heavy atom. The topological polar surface area (TPSA) is 64.5 Å². The van der Waals surface area contributed by atoms with Crippen molar-refractivity contribution in [2.45, 2.75) is 31.8 Å². The molecule has 0 bridgehead atoms. The first-order chi connectivity index (χ1) is 11.6. The molecule has 6 heteroatoms. The number of benzene rings is 1. The zero-order chi connectivity index (χ0) is 16.9. The summed E-state index contributed by atoms with van der Waals surface area (Å²) in [7, 11) is 2.82. The highest BCUT2D eigenvalue weighted by Crippen LogP contribution is 2.15. The summed E-state index contributed by atoms with van der Waals surface area (Å²) in [6.45, 7) is 3.15. The van der Waals surface area contributed by atoms with Crippen LogP contribution in [0.2, 0.25) is 0 Å². The fraction of sp³-hybridized carbons (Fsp3) is 0.389. The maximum absolute atomic E-state index is 6.02. The summed E-state index contributed by atoms with van der Waals surface area (Å²) in [4.78, 5) is 4.41. The average molecular weight is 345 g/mol. The third-order valence-corrected chi connectivity index (χ3v) is 4.07. The van der Waals surface area contributed by atoms with Gasteiger partial charge < -0.3 is 9.15 Å². The van der Waals surface area contributed by atoms with Crippen LogP contribution in [0.25, 0.3) is 12.2 Å². The van der Waals surface area contributed by atoms with Crippen LogP contribution in [0.1, 0.15) is 25.3 Å². The molecule has 24 heavy (non-hydrogen) atoms. The Kier molecular flexibility index (Phi) is 5.54. The largest absolute Gasteiger partial charge is 0.492 e. The summed E-state index contributed by atoms with van der Waals surface area (Å²) in [6.07, 6.45) is 7.15. The number of hydrogen-bond donors (Lipinski definition) is 1. The molecule has 1 aromatic carbocycles. The van der Waals surface area contributed by atoms with Crippen molar-refractivity contribution >= 4 is 27.4 Å².